The highest BCUT2D eigenvalue weighted by atomic mass is 32.2. The van der Waals surface area contributed by atoms with E-state index in [0.717, 1.165) is 16.8 Å². The van der Waals surface area contributed by atoms with Gasteiger partial charge in [-0.15, -0.1) is 0 Å². The van der Waals surface area contributed by atoms with Crippen LogP contribution in [0.25, 0.3) is 0 Å². The van der Waals surface area contributed by atoms with E-state index in [9.17, 15) is 18.0 Å². The molecule has 2 heterocycles. The van der Waals surface area contributed by atoms with Crippen molar-refractivity contribution in [3.8, 4) is 5.75 Å². The number of carbonyl (C=O) groups is 2. The lowest BCUT2D eigenvalue weighted by Crippen LogP contribution is -2.51. The van der Waals surface area contributed by atoms with Crippen LogP contribution >= 0.6 is 0 Å². The van der Waals surface area contributed by atoms with E-state index in [4.69, 9.17) is 4.74 Å². The zero-order chi connectivity index (χ0) is 23.0. The Morgan fingerprint density at radius 3 is 2.50 bits per heavy atom. The van der Waals surface area contributed by atoms with E-state index in [0.29, 0.717) is 11.4 Å². The van der Waals surface area contributed by atoms with E-state index in [1.807, 2.05) is 32.0 Å². The van der Waals surface area contributed by atoms with Crippen molar-refractivity contribution in [3.63, 3.8) is 0 Å². The van der Waals surface area contributed by atoms with Crippen molar-refractivity contribution in [3.05, 3.63) is 47.5 Å². The number of rotatable bonds is 3. The number of amides is 3. The van der Waals surface area contributed by atoms with Gasteiger partial charge in [0.05, 0.1) is 10.6 Å². The van der Waals surface area contributed by atoms with E-state index < -0.39 is 16.1 Å². The molecule has 170 valence electrons. The minimum Gasteiger partial charge on any atom is -0.479 e. The van der Waals surface area contributed by atoms with Crippen LogP contribution in [0.5, 0.6) is 5.75 Å². The number of nitrogens with one attached hydrogen (secondary N) is 2. The van der Waals surface area contributed by atoms with E-state index in [1.54, 1.807) is 17.9 Å². The van der Waals surface area contributed by atoms with Crippen LogP contribution < -0.4 is 15.4 Å². The summed E-state index contributed by atoms with van der Waals surface area (Å²) >= 11 is 0. The number of anilines is 2. The van der Waals surface area contributed by atoms with E-state index in [1.165, 1.54) is 16.4 Å². The first kappa shape index (κ1) is 22.1. The number of ether oxygens (including phenoxy) is 1. The Labute approximate surface area is 187 Å². The van der Waals surface area contributed by atoms with Gasteiger partial charge in [0, 0.05) is 31.9 Å². The summed E-state index contributed by atoms with van der Waals surface area (Å²) in [6, 6.07) is 9.96. The van der Waals surface area contributed by atoms with Crippen molar-refractivity contribution in [2.24, 2.45) is 0 Å². The highest BCUT2D eigenvalue weighted by molar-refractivity contribution is 7.89. The molecule has 3 amide bonds. The van der Waals surface area contributed by atoms with Gasteiger partial charge in [-0.3, -0.25) is 4.79 Å². The Bertz CT molecular complexity index is 1170. The molecule has 1 saturated heterocycles. The monoisotopic (exact) mass is 458 g/mol. The van der Waals surface area contributed by atoms with Crippen LogP contribution in [0.1, 0.15) is 18.1 Å². The van der Waals surface area contributed by atoms with Gasteiger partial charge in [-0.2, -0.15) is 4.31 Å². The fourth-order valence-electron chi connectivity index (χ4n) is 3.78. The molecule has 0 aromatic heterocycles. The molecule has 0 aliphatic carbocycles. The second kappa shape index (κ2) is 8.44. The quantitative estimate of drug-likeness (QED) is 0.735. The molecule has 2 aliphatic rings. The first-order valence-corrected chi connectivity index (χ1v) is 11.8. The Morgan fingerprint density at radius 1 is 1.09 bits per heavy atom. The SMILES string of the molecule is Cc1ccc(NC(=O)N2CCN(S(=O)(=O)c3ccc4c(c3)NC(=O)C(C)O4)CC2)c(C)c1. The molecular weight excluding hydrogens is 432 g/mol. The van der Waals surface area contributed by atoms with Crippen LogP contribution in [0.15, 0.2) is 41.3 Å². The molecule has 32 heavy (non-hydrogen) atoms. The molecule has 4 rings (SSSR count). The molecule has 9 nitrogen and oxygen atoms in total. The standard InChI is InChI=1S/C22H26N4O5S/c1-14-4-6-18(15(2)12-14)24-22(28)25-8-10-26(11-9-25)32(29,30)17-5-7-20-19(13-17)23-21(27)16(3)31-20/h4-7,12-13,16H,8-11H2,1-3H3,(H,23,27)(H,24,28). The zero-order valence-electron chi connectivity index (χ0n) is 18.2. The van der Waals surface area contributed by atoms with Crippen molar-refractivity contribution >= 4 is 33.3 Å². The van der Waals surface area contributed by atoms with Crippen LogP contribution in [0.2, 0.25) is 0 Å². The van der Waals surface area contributed by atoms with Gasteiger partial charge in [0.15, 0.2) is 6.10 Å². The largest absolute Gasteiger partial charge is 0.479 e. The molecule has 1 unspecified atom stereocenters. The van der Waals surface area contributed by atoms with Gasteiger partial charge in [-0.1, -0.05) is 17.7 Å². The minimum absolute atomic E-state index is 0.0721. The lowest BCUT2D eigenvalue weighted by atomic mass is 10.1. The van der Waals surface area contributed by atoms with Crippen LogP contribution in [-0.4, -0.2) is 61.8 Å². The van der Waals surface area contributed by atoms with Crippen molar-refractivity contribution in [2.45, 2.75) is 31.8 Å². The minimum atomic E-state index is -3.78. The molecule has 0 radical (unpaired) electrons. The van der Waals surface area contributed by atoms with E-state index >= 15 is 0 Å². The number of fused-ring (bicyclic) bond motifs is 1. The number of nitrogens with zero attached hydrogens (tertiary/aromatic N) is 2. The summed E-state index contributed by atoms with van der Waals surface area (Å²) in [5.74, 6) is 0.111. The van der Waals surface area contributed by atoms with Crippen LogP contribution in [0.3, 0.4) is 0 Å². The van der Waals surface area contributed by atoms with E-state index in [2.05, 4.69) is 10.6 Å². The van der Waals surface area contributed by atoms with Crippen molar-refractivity contribution in [2.75, 3.05) is 36.8 Å². The number of urea groups is 1. The van der Waals surface area contributed by atoms with Crippen LogP contribution in [0.4, 0.5) is 16.2 Å². The topological polar surface area (TPSA) is 108 Å². The molecule has 2 aliphatic heterocycles. The molecule has 2 aromatic carbocycles. The van der Waals surface area contributed by atoms with E-state index in [-0.39, 0.29) is 43.0 Å². The molecule has 1 atom stereocenters. The van der Waals surface area contributed by atoms with Gasteiger partial charge >= 0.3 is 6.03 Å². The first-order chi connectivity index (χ1) is 15.1. The average Bonchev–Trinajstić information content (AvgIpc) is 2.76. The van der Waals surface area contributed by atoms with Gasteiger partial charge in [-0.05, 0) is 50.6 Å². The fourth-order valence-corrected chi connectivity index (χ4v) is 5.23. The highest BCUT2D eigenvalue weighted by Crippen LogP contribution is 2.33. The maximum absolute atomic E-state index is 13.1. The predicted molar refractivity (Wildman–Crippen MR) is 120 cm³/mol. The summed E-state index contributed by atoms with van der Waals surface area (Å²) in [5, 5.41) is 5.57. The van der Waals surface area contributed by atoms with Crippen molar-refractivity contribution in [1.82, 2.24) is 9.21 Å². The maximum atomic E-state index is 13.1. The van der Waals surface area contributed by atoms with Gasteiger partial charge in [0.2, 0.25) is 10.0 Å². The molecule has 0 bridgehead atoms. The summed E-state index contributed by atoms with van der Waals surface area (Å²) in [6.45, 7) is 6.45. The predicted octanol–water partition coefficient (Wildman–Crippen LogP) is 2.56. The first-order valence-electron chi connectivity index (χ1n) is 10.4. The number of piperazine rings is 1. The lowest BCUT2D eigenvalue weighted by Gasteiger charge is -2.34. The third-order valence-corrected chi connectivity index (χ3v) is 7.56. The van der Waals surface area contributed by atoms with Crippen LogP contribution in [0, 0.1) is 13.8 Å². The third-order valence-electron chi connectivity index (χ3n) is 5.67. The summed E-state index contributed by atoms with van der Waals surface area (Å²) in [7, 11) is -3.78. The highest BCUT2D eigenvalue weighted by Gasteiger charge is 2.32. The third kappa shape index (κ3) is 4.28. The maximum Gasteiger partial charge on any atom is 0.321 e. The van der Waals surface area contributed by atoms with Gasteiger partial charge in [0.25, 0.3) is 5.91 Å². The number of carbonyl (C=O) groups excluding carboxylic acids is 2. The number of hydrogen-bond donors (Lipinski definition) is 2. The second-order valence-corrected chi connectivity index (χ2v) is 9.98. The summed E-state index contributed by atoms with van der Waals surface area (Å²) in [5.41, 5.74) is 3.16. The average molecular weight is 459 g/mol. The van der Waals surface area contributed by atoms with Crippen molar-refractivity contribution < 1.29 is 22.7 Å². The molecule has 0 saturated carbocycles. The lowest BCUT2D eigenvalue weighted by molar-refractivity contribution is -0.122. The number of sulfonamides is 1. The summed E-state index contributed by atoms with van der Waals surface area (Å²) in [4.78, 5) is 26.2. The smallest absolute Gasteiger partial charge is 0.321 e. The number of benzene rings is 2. The van der Waals surface area contributed by atoms with Crippen LogP contribution in [-0.2, 0) is 14.8 Å². The van der Waals surface area contributed by atoms with Gasteiger partial charge in [-0.25, -0.2) is 13.2 Å². The Hall–Kier alpha value is -3.11. The zero-order valence-corrected chi connectivity index (χ0v) is 19.0. The van der Waals surface area contributed by atoms with Gasteiger partial charge in [0.1, 0.15) is 5.75 Å². The normalized spacial score (nSPS) is 19.0. The Kier molecular flexibility index (Phi) is 5.83. The number of aryl methyl sites for hydroxylation is 2. The molecule has 1 fully saturated rings. The number of hydrogen-bond acceptors (Lipinski definition) is 5. The molecule has 0 spiro atoms. The van der Waals surface area contributed by atoms with Gasteiger partial charge < -0.3 is 20.3 Å². The Morgan fingerprint density at radius 2 is 1.81 bits per heavy atom. The summed E-state index contributed by atoms with van der Waals surface area (Å²) in [6.07, 6.45) is -0.632. The summed E-state index contributed by atoms with van der Waals surface area (Å²) < 4.78 is 33.1. The Balaban J connectivity index is 1.42. The molecule has 10 heteroatoms. The second-order valence-electron chi connectivity index (χ2n) is 8.05. The molecule has 2 N–H and O–H groups in total. The molecule has 2 aromatic rings. The molecular formula is C22H26N4O5S. The fraction of sp³-hybridized carbons (Fsp3) is 0.364. The van der Waals surface area contributed by atoms with Crippen molar-refractivity contribution in [1.29, 1.82) is 0 Å².